The Morgan fingerprint density at radius 1 is 1.38 bits per heavy atom. The molecule has 0 radical (unpaired) electrons. The Morgan fingerprint density at radius 2 is 1.92 bits per heavy atom. The van der Waals surface area contributed by atoms with Crippen molar-refractivity contribution in [2.24, 2.45) is 5.73 Å². The number of aliphatic hydroxyl groups excluding tert-OH is 3. The highest BCUT2D eigenvalue weighted by atomic mass is 16.6. The first-order valence-corrected chi connectivity index (χ1v) is 4.03. The van der Waals surface area contributed by atoms with Crippen molar-refractivity contribution >= 4 is 0 Å². The molecule has 0 aromatic rings. The van der Waals surface area contributed by atoms with Gasteiger partial charge in [0.2, 0.25) is 0 Å². The van der Waals surface area contributed by atoms with Gasteiger partial charge in [0.25, 0.3) is 0 Å². The van der Waals surface area contributed by atoms with Gasteiger partial charge in [-0.05, 0) is 6.92 Å². The minimum absolute atomic E-state index is 0.485. The largest absolute Gasteiger partial charge is 0.394 e. The smallest absolute Gasteiger partial charge is 0.181 e. The number of aliphatic hydroxyl groups is 4. The van der Waals surface area contributed by atoms with E-state index in [0.717, 1.165) is 0 Å². The molecule has 1 aliphatic rings. The second kappa shape index (κ2) is 3.49. The first-order chi connectivity index (χ1) is 5.90. The van der Waals surface area contributed by atoms with Gasteiger partial charge in [0, 0.05) is 0 Å². The highest BCUT2D eigenvalue weighted by Gasteiger charge is 2.48. The zero-order valence-electron chi connectivity index (χ0n) is 7.29. The molecule has 6 N–H and O–H groups in total. The number of nitrogens with two attached hydrogens (primary N) is 1. The molecule has 0 aromatic heterocycles. The first kappa shape index (κ1) is 10.8. The third-order valence-electron chi connectivity index (χ3n) is 2.29. The molecular formula is C7H15NO5. The molecule has 6 nitrogen and oxygen atoms in total. The normalized spacial score (nSPS) is 52.2. The SMILES string of the molecule is CC1(O)O[C@H](CO)[C@@H](O)[C@H](O)[C@H]1N. The average Bonchev–Trinajstić information content (AvgIpc) is 2.08. The molecule has 1 saturated heterocycles. The van der Waals surface area contributed by atoms with Gasteiger partial charge in [0.1, 0.15) is 18.3 Å². The van der Waals surface area contributed by atoms with Crippen molar-refractivity contribution < 1.29 is 25.2 Å². The Balaban J connectivity index is 2.79. The van der Waals surface area contributed by atoms with Gasteiger partial charge in [-0.15, -0.1) is 0 Å². The van der Waals surface area contributed by atoms with Crippen LogP contribution in [0.3, 0.4) is 0 Å². The molecule has 0 aliphatic carbocycles. The van der Waals surface area contributed by atoms with E-state index in [9.17, 15) is 15.3 Å². The van der Waals surface area contributed by atoms with E-state index in [4.69, 9.17) is 15.6 Å². The summed E-state index contributed by atoms with van der Waals surface area (Å²) in [6.07, 6.45) is -3.59. The Morgan fingerprint density at radius 3 is 2.38 bits per heavy atom. The molecule has 1 unspecified atom stereocenters. The van der Waals surface area contributed by atoms with Crippen LogP contribution in [0.5, 0.6) is 0 Å². The van der Waals surface area contributed by atoms with Gasteiger partial charge in [0.15, 0.2) is 5.79 Å². The fourth-order valence-corrected chi connectivity index (χ4v) is 1.35. The van der Waals surface area contributed by atoms with Crippen molar-refractivity contribution in [1.29, 1.82) is 0 Å². The molecular weight excluding hydrogens is 178 g/mol. The van der Waals surface area contributed by atoms with Gasteiger partial charge in [-0.25, -0.2) is 0 Å². The Labute approximate surface area is 75.6 Å². The molecule has 0 saturated carbocycles. The van der Waals surface area contributed by atoms with E-state index in [-0.39, 0.29) is 0 Å². The minimum atomic E-state index is -1.73. The average molecular weight is 193 g/mol. The van der Waals surface area contributed by atoms with Gasteiger partial charge < -0.3 is 30.9 Å². The molecule has 0 amide bonds. The maximum Gasteiger partial charge on any atom is 0.181 e. The second-order valence-electron chi connectivity index (χ2n) is 3.40. The second-order valence-corrected chi connectivity index (χ2v) is 3.40. The van der Waals surface area contributed by atoms with Gasteiger partial charge in [-0.2, -0.15) is 0 Å². The first-order valence-electron chi connectivity index (χ1n) is 4.03. The van der Waals surface area contributed by atoms with Gasteiger partial charge in [-0.3, -0.25) is 0 Å². The lowest BCUT2D eigenvalue weighted by Gasteiger charge is -2.44. The Kier molecular flexibility index (Phi) is 2.91. The molecule has 1 heterocycles. The fraction of sp³-hybridized carbons (Fsp3) is 1.00. The molecule has 78 valence electrons. The van der Waals surface area contributed by atoms with E-state index >= 15 is 0 Å². The molecule has 0 bridgehead atoms. The molecule has 1 fully saturated rings. The molecule has 0 spiro atoms. The third kappa shape index (κ3) is 1.83. The quantitative estimate of drug-likeness (QED) is 0.306. The maximum atomic E-state index is 9.50. The lowest BCUT2D eigenvalue weighted by atomic mass is 9.92. The van der Waals surface area contributed by atoms with E-state index in [1.165, 1.54) is 6.92 Å². The number of hydrogen-bond acceptors (Lipinski definition) is 6. The topological polar surface area (TPSA) is 116 Å². The predicted octanol–water partition coefficient (Wildman–Crippen LogP) is -2.86. The summed E-state index contributed by atoms with van der Waals surface area (Å²) < 4.78 is 4.89. The van der Waals surface area contributed by atoms with Crippen molar-refractivity contribution in [3.63, 3.8) is 0 Å². The lowest BCUT2D eigenvalue weighted by molar-refractivity contribution is -0.305. The van der Waals surface area contributed by atoms with E-state index in [1.807, 2.05) is 0 Å². The Hall–Kier alpha value is -0.240. The van der Waals surface area contributed by atoms with Crippen molar-refractivity contribution in [3.8, 4) is 0 Å². The van der Waals surface area contributed by atoms with Crippen LogP contribution in [0.4, 0.5) is 0 Å². The minimum Gasteiger partial charge on any atom is -0.394 e. The third-order valence-corrected chi connectivity index (χ3v) is 2.29. The Bertz CT molecular complexity index is 184. The highest BCUT2D eigenvalue weighted by Crippen LogP contribution is 2.25. The van der Waals surface area contributed by atoms with Crippen LogP contribution >= 0.6 is 0 Å². The summed E-state index contributed by atoms with van der Waals surface area (Å²) in [5, 5.41) is 36.9. The van der Waals surface area contributed by atoms with E-state index in [0.29, 0.717) is 0 Å². The summed E-state index contributed by atoms with van der Waals surface area (Å²) >= 11 is 0. The molecule has 0 aromatic carbocycles. The number of ether oxygens (including phenoxy) is 1. The van der Waals surface area contributed by atoms with E-state index in [1.54, 1.807) is 0 Å². The van der Waals surface area contributed by atoms with E-state index in [2.05, 4.69) is 0 Å². The maximum absolute atomic E-state index is 9.50. The highest BCUT2D eigenvalue weighted by molar-refractivity contribution is 4.96. The molecule has 5 atom stereocenters. The van der Waals surface area contributed by atoms with Crippen molar-refractivity contribution in [2.75, 3.05) is 6.61 Å². The summed E-state index contributed by atoms with van der Waals surface area (Å²) in [6, 6.07) is -1.09. The van der Waals surface area contributed by atoms with Crippen molar-refractivity contribution in [1.82, 2.24) is 0 Å². The zero-order chi connectivity index (χ0) is 10.2. The molecule has 1 rings (SSSR count). The standard InChI is InChI=1S/C7H15NO5/c1-7(12)6(8)5(11)4(10)3(2-9)13-7/h3-6,9-12H,2,8H2,1H3/t3-,4-,5+,6-,7?/m1/s1. The van der Waals surface area contributed by atoms with Gasteiger partial charge in [-0.1, -0.05) is 0 Å². The van der Waals surface area contributed by atoms with Crippen LogP contribution in [0.25, 0.3) is 0 Å². The van der Waals surface area contributed by atoms with E-state index < -0.39 is 36.7 Å². The summed E-state index contributed by atoms with van der Waals surface area (Å²) in [5.74, 6) is -1.73. The van der Waals surface area contributed by atoms with Crippen LogP contribution in [0, 0.1) is 0 Å². The lowest BCUT2D eigenvalue weighted by Crippen LogP contribution is -2.67. The number of hydrogen-bond donors (Lipinski definition) is 5. The van der Waals surface area contributed by atoms with Crippen LogP contribution in [-0.2, 0) is 4.74 Å². The zero-order valence-corrected chi connectivity index (χ0v) is 7.29. The van der Waals surface area contributed by atoms with Gasteiger partial charge >= 0.3 is 0 Å². The van der Waals surface area contributed by atoms with Crippen LogP contribution < -0.4 is 5.73 Å². The predicted molar refractivity (Wildman–Crippen MR) is 42.6 cm³/mol. The number of rotatable bonds is 1. The van der Waals surface area contributed by atoms with Crippen LogP contribution in [0.1, 0.15) is 6.92 Å². The summed E-state index contributed by atoms with van der Waals surface area (Å²) in [5.41, 5.74) is 5.40. The molecule has 13 heavy (non-hydrogen) atoms. The van der Waals surface area contributed by atoms with Crippen LogP contribution in [-0.4, -0.2) is 57.2 Å². The molecule has 1 aliphatic heterocycles. The van der Waals surface area contributed by atoms with Crippen molar-refractivity contribution in [2.45, 2.75) is 37.1 Å². The summed E-state index contributed by atoms with van der Waals surface area (Å²) in [7, 11) is 0. The summed E-state index contributed by atoms with van der Waals surface area (Å²) in [6.45, 7) is 0.788. The van der Waals surface area contributed by atoms with Crippen LogP contribution in [0.2, 0.25) is 0 Å². The summed E-state index contributed by atoms with van der Waals surface area (Å²) in [4.78, 5) is 0. The van der Waals surface area contributed by atoms with Gasteiger partial charge in [0.05, 0.1) is 12.6 Å². The fourth-order valence-electron chi connectivity index (χ4n) is 1.35. The van der Waals surface area contributed by atoms with Crippen LogP contribution in [0.15, 0.2) is 0 Å². The molecule has 6 heteroatoms. The van der Waals surface area contributed by atoms with Crippen molar-refractivity contribution in [3.05, 3.63) is 0 Å². The monoisotopic (exact) mass is 193 g/mol.